The molecule has 2 aromatic heterocycles. The van der Waals surface area contributed by atoms with Crippen LogP contribution in [0.15, 0.2) is 48.8 Å². The highest BCUT2D eigenvalue weighted by Gasteiger charge is 2.12. The average molecular weight is 350 g/mol. The Hall–Kier alpha value is -2.86. The summed E-state index contributed by atoms with van der Waals surface area (Å²) in [5.74, 6) is -0.315. The first kappa shape index (κ1) is 16.6. The van der Waals surface area contributed by atoms with Gasteiger partial charge in [-0.25, -0.2) is 9.78 Å². The van der Waals surface area contributed by atoms with Crippen LogP contribution in [-0.4, -0.2) is 48.8 Å². The third-order valence-corrected chi connectivity index (χ3v) is 4.80. The molecular weight excluding hydrogens is 328 g/mol. The molecule has 0 spiro atoms. The van der Waals surface area contributed by atoms with Gasteiger partial charge in [-0.2, -0.15) is 0 Å². The summed E-state index contributed by atoms with van der Waals surface area (Å²) in [6.45, 7) is 4.77. The maximum atomic E-state index is 11.5. The molecule has 4 rings (SSSR count). The van der Waals surface area contributed by atoms with Crippen LogP contribution in [0, 0.1) is 0 Å². The van der Waals surface area contributed by atoms with Gasteiger partial charge in [0.15, 0.2) is 0 Å². The molecule has 3 heterocycles. The van der Waals surface area contributed by atoms with Crippen molar-refractivity contribution in [1.29, 1.82) is 0 Å². The van der Waals surface area contributed by atoms with Gasteiger partial charge in [0, 0.05) is 44.3 Å². The number of nitrogens with zero attached hydrogens (tertiary/aromatic N) is 3. The monoisotopic (exact) mass is 350 g/mol. The average Bonchev–Trinajstić information content (AvgIpc) is 3.10. The number of benzene rings is 1. The number of piperazine rings is 1. The summed E-state index contributed by atoms with van der Waals surface area (Å²) in [5.41, 5.74) is 3.83. The number of methoxy groups -OCH3 is 1. The minimum atomic E-state index is -0.315. The molecule has 3 aromatic rings. The maximum absolute atomic E-state index is 11.5. The molecule has 0 unspecified atom stereocenters. The van der Waals surface area contributed by atoms with Gasteiger partial charge in [0.2, 0.25) is 0 Å². The summed E-state index contributed by atoms with van der Waals surface area (Å²) in [4.78, 5) is 18.6. The number of anilines is 1. The van der Waals surface area contributed by atoms with Crippen LogP contribution in [0.3, 0.4) is 0 Å². The van der Waals surface area contributed by atoms with Crippen molar-refractivity contribution in [2.75, 3.05) is 38.2 Å². The molecule has 0 aliphatic carbocycles. The number of esters is 1. The fourth-order valence-corrected chi connectivity index (χ4v) is 3.35. The Morgan fingerprint density at radius 1 is 1.19 bits per heavy atom. The fraction of sp³-hybridized carbons (Fsp3) is 0.300. The van der Waals surface area contributed by atoms with Crippen LogP contribution in [0.1, 0.15) is 15.9 Å². The molecule has 1 N–H and O–H groups in total. The lowest BCUT2D eigenvalue weighted by molar-refractivity contribution is 0.0600. The molecule has 0 saturated carbocycles. The smallest absolute Gasteiger partial charge is 0.337 e. The third kappa shape index (κ3) is 3.28. The van der Waals surface area contributed by atoms with Crippen molar-refractivity contribution in [2.24, 2.45) is 0 Å². The van der Waals surface area contributed by atoms with Crippen LogP contribution < -0.4 is 10.2 Å². The van der Waals surface area contributed by atoms with Crippen molar-refractivity contribution in [1.82, 2.24) is 14.9 Å². The highest BCUT2D eigenvalue weighted by molar-refractivity contribution is 5.89. The number of carbonyl (C=O) groups is 1. The first-order valence-corrected chi connectivity index (χ1v) is 8.82. The van der Waals surface area contributed by atoms with E-state index < -0.39 is 0 Å². The largest absolute Gasteiger partial charge is 0.465 e. The molecule has 1 aromatic carbocycles. The van der Waals surface area contributed by atoms with E-state index in [1.807, 2.05) is 18.3 Å². The highest BCUT2D eigenvalue weighted by Crippen LogP contribution is 2.22. The second-order valence-corrected chi connectivity index (χ2v) is 6.48. The third-order valence-electron chi connectivity index (χ3n) is 4.80. The highest BCUT2D eigenvalue weighted by atomic mass is 16.5. The summed E-state index contributed by atoms with van der Waals surface area (Å²) in [7, 11) is 1.39. The van der Waals surface area contributed by atoms with E-state index in [1.165, 1.54) is 12.8 Å². The van der Waals surface area contributed by atoms with E-state index in [-0.39, 0.29) is 5.97 Å². The fourth-order valence-electron chi connectivity index (χ4n) is 3.35. The van der Waals surface area contributed by atoms with Gasteiger partial charge in [0.05, 0.1) is 24.6 Å². The van der Waals surface area contributed by atoms with E-state index in [2.05, 4.69) is 33.1 Å². The van der Waals surface area contributed by atoms with E-state index >= 15 is 0 Å². The van der Waals surface area contributed by atoms with E-state index in [1.54, 1.807) is 12.1 Å². The number of aromatic nitrogens is 2. The van der Waals surface area contributed by atoms with Crippen LogP contribution in [0.25, 0.3) is 11.0 Å². The van der Waals surface area contributed by atoms with Gasteiger partial charge < -0.3 is 19.5 Å². The zero-order valence-corrected chi connectivity index (χ0v) is 14.8. The molecule has 1 aliphatic rings. The minimum Gasteiger partial charge on any atom is -0.465 e. The predicted octanol–water partition coefficient (Wildman–Crippen LogP) is 2.28. The van der Waals surface area contributed by atoms with Gasteiger partial charge in [0.1, 0.15) is 5.65 Å². The first-order valence-electron chi connectivity index (χ1n) is 8.82. The zero-order chi connectivity index (χ0) is 17.9. The van der Waals surface area contributed by atoms with Crippen molar-refractivity contribution in [2.45, 2.75) is 6.54 Å². The molecule has 0 radical (unpaired) electrons. The minimum absolute atomic E-state index is 0.315. The van der Waals surface area contributed by atoms with Gasteiger partial charge in [0.25, 0.3) is 0 Å². The lowest BCUT2D eigenvalue weighted by Crippen LogP contribution is -2.43. The number of pyridine rings is 1. The molecule has 26 heavy (non-hydrogen) atoms. The lowest BCUT2D eigenvalue weighted by atomic mass is 10.1. The number of carbonyl (C=O) groups excluding carboxylic acids is 1. The Balaban J connectivity index is 1.54. The lowest BCUT2D eigenvalue weighted by Gasteiger charge is -2.29. The summed E-state index contributed by atoms with van der Waals surface area (Å²) in [6, 6.07) is 11.8. The molecule has 134 valence electrons. The Kier molecular flexibility index (Phi) is 4.58. The Bertz CT molecular complexity index is 911. The Morgan fingerprint density at radius 2 is 1.96 bits per heavy atom. The Morgan fingerprint density at radius 3 is 2.69 bits per heavy atom. The van der Waals surface area contributed by atoms with Crippen molar-refractivity contribution in [3.05, 3.63) is 59.9 Å². The molecule has 6 heteroatoms. The summed E-state index contributed by atoms with van der Waals surface area (Å²) < 4.78 is 6.87. The standard InChI is InChI=1S/C20H22N4O2/c1-26-20(25)16-4-2-15(3-5-16)14-24-9-6-17-12-18(13-22-19(17)24)23-10-7-21-8-11-23/h2-6,9,12-13,21H,7-8,10-11,14H2,1H3. The van der Waals surface area contributed by atoms with E-state index in [0.29, 0.717) is 12.1 Å². The quantitative estimate of drug-likeness (QED) is 0.732. The van der Waals surface area contributed by atoms with Crippen LogP contribution in [0.5, 0.6) is 0 Å². The molecule has 6 nitrogen and oxygen atoms in total. The SMILES string of the molecule is COC(=O)c1ccc(Cn2ccc3cc(N4CCNCC4)cnc32)cc1. The second-order valence-electron chi connectivity index (χ2n) is 6.48. The number of nitrogens with one attached hydrogen (secondary N) is 1. The first-order chi connectivity index (χ1) is 12.7. The van der Waals surface area contributed by atoms with E-state index in [4.69, 9.17) is 9.72 Å². The van der Waals surface area contributed by atoms with Gasteiger partial charge >= 0.3 is 5.97 Å². The number of ether oxygens (including phenoxy) is 1. The molecule has 1 saturated heterocycles. The second kappa shape index (κ2) is 7.17. The van der Waals surface area contributed by atoms with Gasteiger partial charge in [-0.15, -0.1) is 0 Å². The maximum Gasteiger partial charge on any atom is 0.337 e. The van der Waals surface area contributed by atoms with Crippen LogP contribution in [0.4, 0.5) is 5.69 Å². The Labute approximate surface area is 152 Å². The molecule has 1 aliphatic heterocycles. The molecule has 1 fully saturated rings. The molecule has 0 bridgehead atoms. The van der Waals surface area contributed by atoms with Gasteiger partial charge in [-0.05, 0) is 29.8 Å². The molecule has 0 amide bonds. The van der Waals surface area contributed by atoms with E-state index in [0.717, 1.165) is 42.8 Å². The van der Waals surface area contributed by atoms with Gasteiger partial charge in [-0.1, -0.05) is 12.1 Å². The van der Waals surface area contributed by atoms with Gasteiger partial charge in [-0.3, -0.25) is 0 Å². The number of rotatable bonds is 4. The van der Waals surface area contributed by atoms with Crippen LogP contribution >= 0.6 is 0 Å². The summed E-state index contributed by atoms with van der Waals surface area (Å²) >= 11 is 0. The number of fused-ring (bicyclic) bond motifs is 1. The summed E-state index contributed by atoms with van der Waals surface area (Å²) in [6.07, 6.45) is 4.03. The summed E-state index contributed by atoms with van der Waals surface area (Å²) in [5, 5.41) is 4.52. The number of hydrogen-bond donors (Lipinski definition) is 1. The number of hydrogen-bond acceptors (Lipinski definition) is 5. The molecular formula is C20H22N4O2. The van der Waals surface area contributed by atoms with E-state index in [9.17, 15) is 4.79 Å². The normalized spacial score (nSPS) is 14.6. The van der Waals surface area contributed by atoms with Crippen molar-refractivity contribution in [3.8, 4) is 0 Å². The van der Waals surface area contributed by atoms with Crippen molar-refractivity contribution >= 4 is 22.7 Å². The van der Waals surface area contributed by atoms with Crippen LogP contribution in [0.2, 0.25) is 0 Å². The van der Waals surface area contributed by atoms with Crippen molar-refractivity contribution < 1.29 is 9.53 Å². The zero-order valence-electron chi connectivity index (χ0n) is 14.8. The molecule has 0 atom stereocenters. The van der Waals surface area contributed by atoms with Crippen molar-refractivity contribution in [3.63, 3.8) is 0 Å². The predicted molar refractivity (Wildman–Crippen MR) is 102 cm³/mol. The topological polar surface area (TPSA) is 59.4 Å². The van der Waals surface area contributed by atoms with Crippen LogP contribution in [-0.2, 0) is 11.3 Å².